The molecule has 3 N–H and O–H groups in total. The Labute approximate surface area is 201 Å². The second kappa shape index (κ2) is 11.8. The predicted molar refractivity (Wildman–Crippen MR) is 129 cm³/mol. The van der Waals surface area contributed by atoms with Gasteiger partial charge in [-0.2, -0.15) is 5.10 Å². The number of rotatable bonds is 8. The summed E-state index contributed by atoms with van der Waals surface area (Å²) in [6, 6.07) is 3.48. The van der Waals surface area contributed by atoms with Crippen LogP contribution in [-0.2, 0) is 11.2 Å². The van der Waals surface area contributed by atoms with Gasteiger partial charge in [0.15, 0.2) is 11.7 Å². The number of aryl methyl sites for hydroxylation is 1. The zero-order valence-electron chi connectivity index (χ0n) is 17.8. The molecule has 0 aliphatic carbocycles. The minimum absolute atomic E-state index is 0. The van der Waals surface area contributed by atoms with Gasteiger partial charge in [-0.05, 0) is 32.9 Å². The van der Waals surface area contributed by atoms with E-state index < -0.39 is 0 Å². The highest BCUT2D eigenvalue weighted by atomic mass is 127. The molecule has 0 fully saturated rings. The molecular formula is C19H26IN7O3S. The van der Waals surface area contributed by atoms with Gasteiger partial charge in [-0.3, -0.25) is 10.1 Å². The molecule has 0 spiro atoms. The third-order valence-electron chi connectivity index (χ3n) is 4.15. The van der Waals surface area contributed by atoms with Crippen LogP contribution in [0.3, 0.4) is 0 Å². The Morgan fingerprint density at radius 2 is 2.23 bits per heavy atom. The van der Waals surface area contributed by atoms with E-state index in [0.717, 1.165) is 10.8 Å². The van der Waals surface area contributed by atoms with Gasteiger partial charge in [-0.15, -0.1) is 35.3 Å². The molecule has 10 nitrogen and oxygen atoms in total. The lowest BCUT2D eigenvalue weighted by Crippen LogP contribution is -2.39. The molecular weight excluding hydrogens is 533 g/mol. The van der Waals surface area contributed by atoms with E-state index in [1.54, 1.807) is 33.2 Å². The Morgan fingerprint density at radius 1 is 1.42 bits per heavy atom. The lowest BCUT2D eigenvalue weighted by atomic mass is 10.3. The summed E-state index contributed by atoms with van der Waals surface area (Å²) in [6.07, 6.45) is 2.22. The molecule has 3 aromatic heterocycles. The molecule has 0 bridgehead atoms. The van der Waals surface area contributed by atoms with E-state index in [1.165, 1.54) is 11.3 Å². The molecule has 0 radical (unpaired) electrons. The number of halogens is 1. The normalized spacial score (nSPS) is 12.2. The van der Waals surface area contributed by atoms with Crippen molar-refractivity contribution in [2.75, 3.05) is 20.2 Å². The minimum atomic E-state index is -0.338. The Hall–Kier alpha value is -2.48. The number of aromatic amines is 1. The van der Waals surface area contributed by atoms with Crippen LogP contribution in [0.25, 0.3) is 11.6 Å². The molecule has 3 heterocycles. The number of H-pyrrole nitrogens is 1. The Morgan fingerprint density at radius 3 is 2.90 bits per heavy atom. The maximum atomic E-state index is 12.0. The average molecular weight is 559 g/mol. The van der Waals surface area contributed by atoms with E-state index >= 15 is 0 Å². The standard InChI is InChI=1S/C19H25N7O3S.HI/c1-5-28-18(27)15-11(2)22-17(30-15)12(3)23-19(20-4)21-9-8-14-24-16(26-25-14)13-7-6-10-29-13;/h6-7,10,12H,5,8-9H2,1-4H3,(H2,20,21,23)(H,24,25,26);1H. The van der Waals surface area contributed by atoms with Crippen molar-refractivity contribution in [3.05, 3.63) is 39.8 Å². The van der Waals surface area contributed by atoms with Gasteiger partial charge in [0, 0.05) is 20.0 Å². The molecule has 168 valence electrons. The third kappa shape index (κ3) is 6.50. The fourth-order valence-corrected chi connectivity index (χ4v) is 3.64. The minimum Gasteiger partial charge on any atom is -0.462 e. The smallest absolute Gasteiger partial charge is 0.350 e. The lowest BCUT2D eigenvalue weighted by Gasteiger charge is -2.15. The zero-order chi connectivity index (χ0) is 21.5. The highest BCUT2D eigenvalue weighted by molar-refractivity contribution is 14.0. The predicted octanol–water partition coefficient (Wildman–Crippen LogP) is 3.09. The second-order valence-corrected chi connectivity index (χ2v) is 7.42. The second-order valence-electron chi connectivity index (χ2n) is 6.39. The Kier molecular flexibility index (Phi) is 9.43. The van der Waals surface area contributed by atoms with Gasteiger partial charge < -0.3 is 19.8 Å². The number of thiazole rings is 1. The van der Waals surface area contributed by atoms with Gasteiger partial charge in [0.2, 0.25) is 5.82 Å². The molecule has 0 aliphatic heterocycles. The summed E-state index contributed by atoms with van der Waals surface area (Å²) < 4.78 is 10.4. The Bertz CT molecular complexity index is 1000. The van der Waals surface area contributed by atoms with E-state index in [-0.39, 0.29) is 36.0 Å². The van der Waals surface area contributed by atoms with E-state index in [0.29, 0.717) is 47.7 Å². The van der Waals surface area contributed by atoms with Crippen molar-refractivity contribution >= 4 is 47.2 Å². The molecule has 0 saturated heterocycles. The number of nitrogens with zero attached hydrogens (tertiary/aromatic N) is 4. The first-order valence-electron chi connectivity index (χ1n) is 9.58. The number of hydrogen-bond donors (Lipinski definition) is 3. The summed E-state index contributed by atoms with van der Waals surface area (Å²) in [5, 5.41) is 14.4. The molecule has 3 rings (SSSR count). The van der Waals surface area contributed by atoms with Crippen LogP contribution < -0.4 is 10.6 Å². The summed E-state index contributed by atoms with van der Waals surface area (Å²) in [5.74, 6) is 2.18. The number of aliphatic imine (C=N–C) groups is 1. The fourth-order valence-electron chi connectivity index (χ4n) is 2.67. The van der Waals surface area contributed by atoms with Crippen molar-refractivity contribution in [2.45, 2.75) is 33.2 Å². The average Bonchev–Trinajstić information content (AvgIpc) is 3.47. The number of esters is 1. The molecule has 3 aromatic rings. The van der Waals surface area contributed by atoms with Crippen LogP contribution >= 0.6 is 35.3 Å². The monoisotopic (exact) mass is 559 g/mol. The Balaban J connectivity index is 0.00000341. The highest BCUT2D eigenvalue weighted by Crippen LogP contribution is 2.24. The van der Waals surface area contributed by atoms with E-state index in [1.807, 2.05) is 13.0 Å². The summed E-state index contributed by atoms with van der Waals surface area (Å²) in [4.78, 5) is 25.7. The number of nitrogens with one attached hydrogen (secondary N) is 3. The zero-order valence-corrected chi connectivity index (χ0v) is 20.9. The maximum absolute atomic E-state index is 12.0. The summed E-state index contributed by atoms with van der Waals surface area (Å²) >= 11 is 1.33. The molecule has 1 atom stereocenters. The van der Waals surface area contributed by atoms with Gasteiger partial charge >= 0.3 is 5.97 Å². The van der Waals surface area contributed by atoms with Crippen molar-refractivity contribution in [3.8, 4) is 11.6 Å². The molecule has 12 heteroatoms. The highest BCUT2D eigenvalue weighted by Gasteiger charge is 2.20. The number of furan rings is 1. The first-order valence-corrected chi connectivity index (χ1v) is 10.4. The quantitative estimate of drug-likeness (QED) is 0.166. The molecule has 31 heavy (non-hydrogen) atoms. The van der Waals surface area contributed by atoms with E-state index in [4.69, 9.17) is 9.15 Å². The first kappa shape index (κ1) is 24.8. The summed E-state index contributed by atoms with van der Waals surface area (Å²) in [6.45, 7) is 6.49. The van der Waals surface area contributed by atoms with Crippen LogP contribution in [0.15, 0.2) is 27.8 Å². The van der Waals surface area contributed by atoms with E-state index in [9.17, 15) is 4.79 Å². The largest absolute Gasteiger partial charge is 0.462 e. The van der Waals surface area contributed by atoms with E-state index in [2.05, 4.69) is 35.8 Å². The van der Waals surface area contributed by atoms with Crippen LogP contribution in [0.2, 0.25) is 0 Å². The van der Waals surface area contributed by atoms with Crippen molar-refractivity contribution in [2.24, 2.45) is 4.99 Å². The van der Waals surface area contributed by atoms with Gasteiger partial charge in [0.05, 0.1) is 24.6 Å². The van der Waals surface area contributed by atoms with Gasteiger partial charge in [-0.1, -0.05) is 0 Å². The van der Waals surface area contributed by atoms with Crippen LogP contribution in [0.5, 0.6) is 0 Å². The number of carbonyl (C=O) groups is 1. The van der Waals surface area contributed by atoms with Crippen LogP contribution in [0.1, 0.15) is 46.1 Å². The van der Waals surface area contributed by atoms with Crippen molar-refractivity contribution < 1.29 is 13.9 Å². The number of hydrogen-bond acceptors (Lipinski definition) is 8. The molecule has 0 amide bonds. The van der Waals surface area contributed by atoms with Crippen molar-refractivity contribution in [3.63, 3.8) is 0 Å². The van der Waals surface area contributed by atoms with Gasteiger partial charge in [-0.25, -0.2) is 14.8 Å². The molecule has 0 saturated carbocycles. The van der Waals surface area contributed by atoms with Crippen LogP contribution in [0.4, 0.5) is 0 Å². The number of ether oxygens (including phenoxy) is 1. The summed E-state index contributed by atoms with van der Waals surface area (Å²) in [5.41, 5.74) is 0.669. The SMILES string of the molecule is CCOC(=O)c1sc(C(C)NC(=NC)NCCc2nc(-c3ccco3)n[nH]2)nc1C.I. The van der Waals surface area contributed by atoms with Gasteiger partial charge in [0.1, 0.15) is 15.7 Å². The number of aromatic nitrogens is 4. The first-order chi connectivity index (χ1) is 14.5. The lowest BCUT2D eigenvalue weighted by molar-refractivity contribution is 0.0531. The number of carbonyl (C=O) groups excluding carboxylic acids is 1. The van der Waals surface area contributed by atoms with Gasteiger partial charge in [0.25, 0.3) is 0 Å². The van der Waals surface area contributed by atoms with Crippen molar-refractivity contribution in [1.29, 1.82) is 0 Å². The molecule has 1 unspecified atom stereocenters. The molecule has 0 aromatic carbocycles. The molecule has 0 aliphatic rings. The summed E-state index contributed by atoms with van der Waals surface area (Å²) in [7, 11) is 1.70. The van der Waals surface area contributed by atoms with Crippen LogP contribution in [0, 0.1) is 6.92 Å². The fraction of sp³-hybridized carbons (Fsp3) is 0.421. The topological polar surface area (TPSA) is 130 Å². The number of guanidine groups is 1. The third-order valence-corrected chi connectivity index (χ3v) is 5.47. The maximum Gasteiger partial charge on any atom is 0.350 e. The van der Waals surface area contributed by atoms with Crippen LogP contribution in [-0.4, -0.2) is 52.3 Å². The van der Waals surface area contributed by atoms with Crippen molar-refractivity contribution in [1.82, 2.24) is 30.8 Å².